The molecule has 1 aromatic rings. The quantitative estimate of drug-likeness (QED) is 0.846. The Bertz CT molecular complexity index is 765. The van der Waals surface area contributed by atoms with Crippen LogP contribution >= 0.6 is 11.8 Å². The van der Waals surface area contributed by atoms with Crippen molar-refractivity contribution in [1.82, 2.24) is 4.90 Å². The van der Waals surface area contributed by atoms with Crippen LogP contribution in [0.25, 0.3) is 0 Å². The fourth-order valence-electron chi connectivity index (χ4n) is 4.34. The number of likely N-dealkylation sites (tertiary alicyclic amines) is 1. The van der Waals surface area contributed by atoms with Gasteiger partial charge in [0.15, 0.2) is 0 Å². The number of carboxylic acids is 1. The van der Waals surface area contributed by atoms with Crippen LogP contribution < -0.4 is 5.32 Å². The topological polar surface area (TPSA) is 86.7 Å². The molecule has 2 aliphatic heterocycles. The Labute approximate surface area is 150 Å². The van der Waals surface area contributed by atoms with Gasteiger partial charge in [0.05, 0.1) is 10.9 Å². The number of amides is 2. The fraction of sp³-hybridized carbons (Fsp3) is 0.500. The number of thioether (sulfide) groups is 1. The van der Waals surface area contributed by atoms with E-state index in [4.69, 9.17) is 0 Å². The SMILES string of the molecule is CC1Sc2ccc(C(=O)N3CC4CCCC4C3C(=O)O)cc2NC1=O. The summed E-state index contributed by atoms with van der Waals surface area (Å²) in [6.07, 6.45) is 2.91. The van der Waals surface area contributed by atoms with Gasteiger partial charge in [0.25, 0.3) is 5.91 Å². The Morgan fingerprint density at radius 2 is 2.12 bits per heavy atom. The molecule has 0 bridgehead atoms. The molecule has 2 N–H and O–H groups in total. The summed E-state index contributed by atoms with van der Waals surface area (Å²) in [6.45, 7) is 2.35. The third-order valence-electron chi connectivity index (χ3n) is 5.56. The molecule has 4 rings (SSSR count). The van der Waals surface area contributed by atoms with Gasteiger partial charge in [0.1, 0.15) is 6.04 Å². The number of nitrogens with one attached hydrogen (secondary N) is 1. The molecule has 2 amide bonds. The van der Waals surface area contributed by atoms with E-state index in [2.05, 4.69) is 5.32 Å². The molecule has 0 spiro atoms. The molecule has 1 saturated carbocycles. The standard InChI is InChI=1S/C18H20N2O4S/c1-9-16(21)19-13-7-10(5-6-14(13)25-9)17(22)20-8-11-3-2-4-12(11)15(20)18(23)24/h5-7,9,11-12,15H,2-4,8H2,1H3,(H,19,21)(H,23,24). The highest BCUT2D eigenvalue weighted by Gasteiger charge is 2.49. The lowest BCUT2D eigenvalue weighted by Crippen LogP contribution is -2.43. The number of carbonyl (C=O) groups is 3. The highest BCUT2D eigenvalue weighted by molar-refractivity contribution is 8.00. The molecule has 4 atom stereocenters. The number of hydrogen-bond donors (Lipinski definition) is 2. The average Bonchev–Trinajstić information content (AvgIpc) is 3.15. The van der Waals surface area contributed by atoms with Crippen molar-refractivity contribution in [2.24, 2.45) is 11.8 Å². The maximum absolute atomic E-state index is 13.0. The zero-order valence-electron chi connectivity index (χ0n) is 13.9. The highest BCUT2D eigenvalue weighted by Crippen LogP contribution is 2.43. The first-order chi connectivity index (χ1) is 12.0. The van der Waals surface area contributed by atoms with E-state index in [-0.39, 0.29) is 23.0 Å². The van der Waals surface area contributed by atoms with Crippen LogP contribution in [-0.2, 0) is 9.59 Å². The van der Waals surface area contributed by atoms with Crippen molar-refractivity contribution >= 4 is 35.2 Å². The molecule has 132 valence electrons. The van der Waals surface area contributed by atoms with Crippen LogP contribution in [-0.4, -0.2) is 45.6 Å². The van der Waals surface area contributed by atoms with E-state index in [1.165, 1.54) is 16.7 Å². The molecule has 4 unspecified atom stereocenters. The van der Waals surface area contributed by atoms with Crippen molar-refractivity contribution in [1.29, 1.82) is 0 Å². The number of anilines is 1. The maximum Gasteiger partial charge on any atom is 0.326 e. The summed E-state index contributed by atoms with van der Waals surface area (Å²) < 4.78 is 0. The number of benzene rings is 1. The van der Waals surface area contributed by atoms with Gasteiger partial charge in [-0.3, -0.25) is 9.59 Å². The molecule has 0 aromatic heterocycles. The summed E-state index contributed by atoms with van der Waals surface area (Å²) in [5.74, 6) is -0.906. The second-order valence-corrected chi connectivity index (χ2v) is 8.44. The van der Waals surface area contributed by atoms with Gasteiger partial charge in [-0.2, -0.15) is 0 Å². The van der Waals surface area contributed by atoms with Gasteiger partial charge in [-0.05, 0) is 49.8 Å². The first-order valence-electron chi connectivity index (χ1n) is 8.61. The summed E-state index contributed by atoms with van der Waals surface area (Å²) in [5.41, 5.74) is 1.06. The third kappa shape index (κ3) is 2.70. The predicted molar refractivity (Wildman–Crippen MR) is 93.7 cm³/mol. The monoisotopic (exact) mass is 360 g/mol. The second kappa shape index (κ2) is 6.05. The largest absolute Gasteiger partial charge is 0.480 e. The number of hydrogen-bond acceptors (Lipinski definition) is 4. The molecule has 7 heteroatoms. The minimum atomic E-state index is -0.918. The van der Waals surface area contributed by atoms with Gasteiger partial charge in [0, 0.05) is 17.0 Å². The molecule has 2 fully saturated rings. The van der Waals surface area contributed by atoms with Crippen LogP contribution in [0.2, 0.25) is 0 Å². The lowest BCUT2D eigenvalue weighted by atomic mass is 9.94. The molecule has 3 aliphatic rings. The van der Waals surface area contributed by atoms with Crippen LogP contribution in [0.5, 0.6) is 0 Å². The molecule has 25 heavy (non-hydrogen) atoms. The van der Waals surface area contributed by atoms with Crippen LogP contribution in [0.1, 0.15) is 36.5 Å². The Morgan fingerprint density at radius 3 is 2.88 bits per heavy atom. The van der Waals surface area contributed by atoms with Crippen LogP contribution in [0.15, 0.2) is 23.1 Å². The minimum absolute atomic E-state index is 0.0650. The van der Waals surface area contributed by atoms with Gasteiger partial charge >= 0.3 is 5.97 Å². The normalized spacial score (nSPS) is 30.6. The summed E-state index contributed by atoms with van der Waals surface area (Å²) in [5, 5.41) is 12.3. The summed E-state index contributed by atoms with van der Waals surface area (Å²) >= 11 is 1.46. The van der Waals surface area contributed by atoms with Crippen molar-refractivity contribution in [3.8, 4) is 0 Å². The molecule has 1 saturated heterocycles. The van der Waals surface area contributed by atoms with Gasteiger partial charge in [-0.1, -0.05) is 6.42 Å². The molecule has 1 aliphatic carbocycles. The lowest BCUT2D eigenvalue weighted by molar-refractivity contribution is -0.142. The number of fused-ring (bicyclic) bond motifs is 2. The van der Waals surface area contributed by atoms with Crippen molar-refractivity contribution in [2.45, 2.75) is 42.4 Å². The molecule has 1 aromatic carbocycles. The van der Waals surface area contributed by atoms with E-state index in [1.54, 1.807) is 12.1 Å². The maximum atomic E-state index is 13.0. The fourth-order valence-corrected chi connectivity index (χ4v) is 5.27. The number of carbonyl (C=O) groups excluding carboxylic acids is 2. The van der Waals surface area contributed by atoms with Crippen molar-refractivity contribution in [3.63, 3.8) is 0 Å². The molecule has 0 radical (unpaired) electrons. The first kappa shape index (κ1) is 16.4. The minimum Gasteiger partial charge on any atom is -0.480 e. The zero-order valence-corrected chi connectivity index (χ0v) is 14.7. The van der Waals surface area contributed by atoms with Crippen molar-refractivity contribution in [2.75, 3.05) is 11.9 Å². The van der Waals surface area contributed by atoms with Gasteiger partial charge in [0.2, 0.25) is 5.91 Å². The van der Waals surface area contributed by atoms with E-state index < -0.39 is 12.0 Å². The number of nitrogens with zero attached hydrogens (tertiary/aromatic N) is 1. The highest BCUT2D eigenvalue weighted by atomic mass is 32.2. The van der Waals surface area contributed by atoms with E-state index in [0.29, 0.717) is 23.7 Å². The zero-order chi connectivity index (χ0) is 17.7. The van der Waals surface area contributed by atoms with E-state index >= 15 is 0 Å². The Kier molecular flexibility index (Phi) is 3.98. The molecule has 6 nitrogen and oxygen atoms in total. The van der Waals surface area contributed by atoms with Crippen molar-refractivity contribution in [3.05, 3.63) is 23.8 Å². The lowest BCUT2D eigenvalue weighted by Gasteiger charge is -2.26. The summed E-state index contributed by atoms with van der Waals surface area (Å²) in [6, 6.07) is 4.49. The van der Waals surface area contributed by atoms with E-state index in [1.807, 2.05) is 13.0 Å². The number of aliphatic carboxylic acids is 1. The molecule has 2 heterocycles. The van der Waals surface area contributed by atoms with E-state index in [9.17, 15) is 19.5 Å². The summed E-state index contributed by atoms with van der Waals surface area (Å²) in [7, 11) is 0. The molecular formula is C18H20N2O4S. The summed E-state index contributed by atoms with van der Waals surface area (Å²) in [4.78, 5) is 39.0. The third-order valence-corrected chi connectivity index (χ3v) is 6.74. The number of carboxylic acid groups (broad SMARTS) is 1. The van der Waals surface area contributed by atoms with Crippen LogP contribution in [0.4, 0.5) is 5.69 Å². The number of rotatable bonds is 2. The van der Waals surface area contributed by atoms with Crippen LogP contribution in [0, 0.1) is 11.8 Å². The second-order valence-electron chi connectivity index (χ2n) is 7.06. The first-order valence-corrected chi connectivity index (χ1v) is 9.49. The Morgan fingerprint density at radius 1 is 1.32 bits per heavy atom. The average molecular weight is 360 g/mol. The Balaban J connectivity index is 1.62. The Hall–Kier alpha value is -2.02. The van der Waals surface area contributed by atoms with Gasteiger partial charge in [-0.25, -0.2) is 4.79 Å². The molecular weight excluding hydrogens is 340 g/mol. The van der Waals surface area contributed by atoms with Gasteiger partial charge in [-0.15, -0.1) is 11.8 Å². The van der Waals surface area contributed by atoms with Crippen LogP contribution in [0.3, 0.4) is 0 Å². The predicted octanol–water partition coefficient (Wildman–Crippen LogP) is 2.44. The van der Waals surface area contributed by atoms with Gasteiger partial charge < -0.3 is 15.3 Å². The van der Waals surface area contributed by atoms with Crippen molar-refractivity contribution < 1.29 is 19.5 Å². The van der Waals surface area contributed by atoms with E-state index in [0.717, 1.165) is 24.2 Å². The smallest absolute Gasteiger partial charge is 0.326 e.